The summed E-state index contributed by atoms with van der Waals surface area (Å²) in [7, 11) is 1.67. The molecule has 0 aliphatic heterocycles. The molecule has 0 unspecified atom stereocenters. The van der Waals surface area contributed by atoms with Crippen molar-refractivity contribution in [1.29, 1.82) is 0 Å². The molecule has 1 rings (SSSR count). The lowest BCUT2D eigenvalue weighted by atomic mass is 10.1. The average Bonchev–Trinajstić information content (AvgIpc) is 2.31. The van der Waals surface area contributed by atoms with E-state index in [1.807, 2.05) is 11.1 Å². The third-order valence-electron chi connectivity index (χ3n) is 2.38. The zero-order chi connectivity index (χ0) is 11.8. The summed E-state index contributed by atoms with van der Waals surface area (Å²) in [5.74, 6) is 0.110. The number of carbonyl (C=O) groups is 1. The second-order valence-electron chi connectivity index (χ2n) is 3.56. The van der Waals surface area contributed by atoms with Crippen molar-refractivity contribution in [3.05, 3.63) is 40.4 Å². The highest BCUT2D eigenvalue weighted by atomic mass is 79.9. The molecule has 1 aromatic rings. The van der Waals surface area contributed by atoms with Gasteiger partial charge in [-0.2, -0.15) is 0 Å². The fourth-order valence-corrected chi connectivity index (χ4v) is 1.75. The van der Waals surface area contributed by atoms with E-state index in [1.165, 1.54) is 11.1 Å². The summed E-state index contributed by atoms with van der Waals surface area (Å²) in [6.45, 7) is 0. The summed E-state index contributed by atoms with van der Waals surface area (Å²) >= 11 is 3.25. The van der Waals surface area contributed by atoms with Crippen LogP contribution in [0.1, 0.15) is 24.0 Å². The Morgan fingerprint density at radius 1 is 1.38 bits per heavy atom. The Morgan fingerprint density at radius 2 is 2.06 bits per heavy atom. The molecule has 1 amide bonds. The Kier molecular flexibility index (Phi) is 5.86. The van der Waals surface area contributed by atoms with Gasteiger partial charge in [0.25, 0.3) is 0 Å². The molecule has 3 heteroatoms. The van der Waals surface area contributed by atoms with E-state index in [0.29, 0.717) is 6.42 Å². The third kappa shape index (κ3) is 4.62. The molecule has 0 fully saturated rings. The standard InChI is InChI=1S/C13H16BrNO/c1-15-13(16)4-2-3-11-5-7-12(8-6-11)9-10-14/h5-10H,2-4H2,1H3,(H,15,16). The fraction of sp³-hybridized carbons (Fsp3) is 0.308. The molecule has 0 spiro atoms. The van der Waals surface area contributed by atoms with Crippen LogP contribution in [0.25, 0.3) is 6.08 Å². The highest BCUT2D eigenvalue weighted by Gasteiger charge is 1.98. The van der Waals surface area contributed by atoms with Crippen LogP contribution < -0.4 is 5.32 Å². The van der Waals surface area contributed by atoms with Crippen molar-refractivity contribution in [2.45, 2.75) is 19.3 Å². The van der Waals surface area contributed by atoms with Gasteiger partial charge in [0.05, 0.1) is 0 Å². The highest BCUT2D eigenvalue weighted by molar-refractivity contribution is 9.11. The SMILES string of the molecule is CNC(=O)CCCc1ccc(C=CBr)cc1. The minimum Gasteiger partial charge on any atom is -0.359 e. The van der Waals surface area contributed by atoms with Crippen molar-refractivity contribution >= 4 is 27.9 Å². The van der Waals surface area contributed by atoms with Crippen molar-refractivity contribution in [2.75, 3.05) is 7.05 Å². The van der Waals surface area contributed by atoms with Crippen LogP contribution in [0.3, 0.4) is 0 Å². The van der Waals surface area contributed by atoms with E-state index in [2.05, 4.69) is 45.5 Å². The maximum atomic E-state index is 11.0. The largest absolute Gasteiger partial charge is 0.359 e. The summed E-state index contributed by atoms with van der Waals surface area (Å²) in [5, 5.41) is 2.62. The van der Waals surface area contributed by atoms with Crippen LogP contribution in [-0.4, -0.2) is 13.0 Å². The number of hydrogen-bond acceptors (Lipinski definition) is 1. The molecule has 0 saturated carbocycles. The highest BCUT2D eigenvalue weighted by Crippen LogP contribution is 2.09. The summed E-state index contributed by atoms with van der Waals surface area (Å²) in [5.41, 5.74) is 2.45. The monoisotopic (exact) mass is 281 g/mol. The van der Waals surface area contributed by atoms with Gasteiger partial charge in [0.2, 0.25) is 5.91 Å². The lowest BCUT2D eigenvalue weighted by Crippen LogP contribution is -2.17. The van der Waals surface area contributed by atoms with Crippen LogP contribution in [0.4, 0.5) is 0 Å². The number of hydrogen-bond donors (Lipinski definition) is 1. The van der Waals surface area contributed by atoms with Gasteiger partial charge >= 0.3 is 0 Å². The first-order chi connectivity index (χ1) is 7.76. The number of carbonyl (C=O) groups excluding carboxylic acids is 1. The van der Waals surface area contributed by atoms with Crippen molar-refractivity contribution in [1.82, 2.24) is 5.32 Å². The molecule has 0 radical (unpaired) electrons. The third-order valence-corrected chi connectivity index (χ3v) is 2.65. The van der Waals surface area contributed by atoms with E-state index in [9.17, 15) is 4.79 Å². The number of amides is 1. The van der Waals surface area contributed by atoms with E-state index < -0.39 is 0 Å². The predicted octanol–water partition coefficient (Wildman–Crippen LogP) is 3.12. The second kappa shape index (κ2) is 7.23. The van der Waals surface area contributed by atoms with Gasteiger partial charge in [0.15, 0.2) is 0 Å². The number of nitrogens with one attached hydrogen (secondary N) is 1. The van der Waals surface area contributed by atoms with Crippen LogP contribution in [0.5, 0.6) is 0 Å². The normalized spacial score (nSPS) is 10.6. The Balaban J connectivity index is 2.40. The lowest BCUT2D eigenvalue weighted by molar-refractivity contribution is -0.120. The average molecular weight is 282 g/mol. The number of aryl methyl sites for hydroxylation is 1. The van der Waals surface area contributed by atoms with E-state index in [-0.39, 0.29) is 5.91 Å². The van der Waals surface area contributed by atoms with Crippen molar-refractivity contribution in [3.63, 3.8) is 0 Å². The molecular formula is C13H16BrNO. The van der Waals surface area contributed by atoms with Crippen molar-refractivity contribution in [3.8, 4) is 0 Å². The van der Waals surface area contributed by atoms with Gasteiger partial charge in [0.1, 0.15) is 0 Å². The van der Waals surface area contributed by atoms with Gasteiger partial charge in [-0.15, -0.1) is 0 Å². The number of rotatable bonds is 5. The van der Waals surface area contributed by atoms with E-state index in [0.717, 1.165) is 12.8 Å². The van der Waals surface area contributed by atoms with Gasteiger partial charge in [-0.3, -0.25) is 4.79 Å². The van der Waals surface area contributed by atoms with Gasteiger partial charge < -0.3 is 5.32 Å². The molecule has 0 aliphatic carbocycles. The second-order valence-corrected chi connectivity index (χ2v) is 4.09. The molecule has 1 N–H and O–H groups in total. The van der Waals surface area contributed by atoms with Gasteiger partial charge in [-0.1, -0.05) is 40.2 Å². The molecule has 0 saturated heterocycles. The molecule has 0 bridgehead atoms. The molecule has 1 aromatic carbocycles. The van der Waals surface area contributed by atoms with E-state index >= 15 is 0 Å². The molecule has 0 atom stereocenters. The van der Waals surface area contributed by atoms with Crippen LogP contribution in [-0.2, 0) is 11.2 Å². The maximum Gasteiger partial charge on any atom is 0.219 e. The maximum absolute atomic E-state index is 11.0. The quantitative estimate of drug-likeness (QED) is 0.883. The first-order valence-electron chi connectivity index (χ1n) is 5.32. The van der Waals surface area contributed by atoms with Crippen molar-refractivity contribution < 1.29 is 4.79 Å². The summed E-state index contributed by atoms with van der Waals surface area (Å²) in [6, 6.07) is 8.36. The Labute approximate surface area is 105 Å². The molecule has 2 nitrogen and oxygen atoms in total. The Morgan fingerprint density at radius 3 is 2.62 bits per heavy atom. The summed E-state index contributed by atoms with van der Waals surface area (Å²) in [6.07, 6.45) is 4.44. The molecule has 0 heterocycles. The zero-order valence-corrected chi connectivity index (χ0v) is 11.0. The van der Waals surface area contributed by atoms with E-state index in [4.69, 9.17) is 0 Å². The number of halogens is 1. The van der Waals surface area contributed by atoms with Crippen LogP contribution in [0.15, 0.2) is 29.3 Å². The molecule has 0 aliphatic rings. The summed E-state index contributed by atoms with van der Waals surface area (Å²) < 4.78 is 0. The molecule has 86 valence electrons. The topological polar surface area (TPSA) is 29.1 Å². The minimum absolute atomic E-state index is 0.110. The van der Waals surface area contributed by atoms with Crippen LogP contribution in [0.2, 0.25) is 0 Å². The van der Waals surface area contributed by atoms with Crippen LogP contribution in [0, 0.1) is 0 Å². The first-order valence-corrected chi connectivity index (χ1v) is 6.24. The minimum atomic E-state index is 0.110. The fourth-order valence-electron chi connectivity index (χ4n) is 1.45. The lowest BCUT2D eigenvalue weighted by Gasteiger charge is -2.02. The van der Waals surface area contributed by atoms with Gasteiger partial charge in [0, 0.05) is 13.5 Å². The predicted molar refractivity (Wildman–Crippen MR) is 71.4 cm³/mol. The summed E-state index contributed by atoms with van der Waals surface area (Å²) in [4.78, 5) is 12.9. The Bertz CT molecular complexity index is 357. The van der Waals surface area contributed by atoms with Crippen molar-refractivity contribution in [2.24, 2.45) is 0 Å². The van der Waals surface area contributed by atoms with Gasteiger partial charge in [-0.05, 0) is 35.0 Å². The van der Waals surface area contributed by atoms with E-state index in [1.54, 1.807) is 7.05 Å². The molecular weight excluding hydrogens is 266 g/mol. The molecule has 16 heavy (non-hydrogen) atoms. The molecule has 0 aromatic heterocycles. The Hall–Kier alpha value is -1.09. The zero-order valence-electron chi connectivity index (χ0n) is 9.37. The number of benzene rings is 1. The van der Waals surface area contributed by atoms with Crippen LogP contribution >= 0.6 is 15.9 Å². The first kappa shape index (κ1) is 13.0. The van der Waals surface area contributed by atoms with Gasteiger partial charge in [-0.25, -0.2) is 0 Å². The smallest absolute Gasteiger partial charge is 0.219 e.